The van der Waals surface area contributed by atoms with Crippen LogP contribution in [0.5, 0.6) is 5.75 Å². The number of carbonyl (C=O) groups is 2. The predicted octanol–water partition coefficient (Wildman–Crippen LogP) is 3.62. The Kier molecular flexibility index (Phi) is 6.63. The van der Waals surface area contributed by atoms with Crippen LogP contribution in [0.2, 0.25) is 10.0 Å². The van der Waals surface area contributed by atoms with E-state index in [9.17, 15) is 9.59 Å². The first-order valence-corrected chi connectivity index (χ1v) is 9.84. The second kappa shape index (κ2) is 9.17. The summed E-state index contributed by atoms with van der Waals surface area (Å²) in [4.78, 5) is 28.7. The minimum Gasteiger partial charge on any atom is -0.480 e. The van der Waals surface area contributed by atoms with E-state index in [2.05, 4.69) is 0 Å². The van der Waals surface area contributed by atoms with Gasteiger partial charge >= 0.3 is 0 Å². The van der Waals surface area contributed by atoms with Crippen LogP contribution in [0.25, 0.3) is 0 Å². The van der Waals surface area contributed by atoms with Gasteiger partial charge in [0.15, 0.2) is 6.10 Å². The summed E-state index contributed by atoms with van der Waals surface area (Å²) in [7, 11) is 0. The van der Waals surface area contributed by atoms with Crippen molar-refractivity contribution < 1.29 is 14.3 Å². The first-order chi connectivity index (χ1) is 13.9. The van der Waals surface area contributed by atoms with Crippen LogP contribution in [0.15, 0.2) is 42.5 Å². The highest BCUT2D eigenvalue weighted by atomic mass is 35.5. The zero-order valence-electron chi connectivity index (χ0n) is 15.8. The molecule has 1 heterocycles. The lowest BCUT2D eigenvalue weighted by Gasteiger charge is -2.36. The summed E-state index contributed by atoms with van der Waals surface area (Å²) in [6.07, 6.45) is -0.738. The molecule has 0 radical (unpaired) electrons. The van der Waals surface area contributed by atoms with Crippen LogP contribution in [0, 0.1) is 11.3 Å². The van der Waals surface area contributed by atoms with Crippen LogP contribution >= 0.6 is 23.2 Å². The fourth-order valence-corrected chi connectivity index (χ4v) is 3.68. The molecular formula is C21H19Cl2N3O3. The number of hydrogen-bond donors (Lipinski definition) is 0. The predicted molar refractivity (Wildman–Crippen MR) is 110 cm³/mol. The van der Waals surface area contributed by atoms with E-state index in [4.69, 9.17) is 33.2 Å². The Morgan fingerprint density at radius 1 is 1.03 bits per heavy atom. The molecule has 0 spiro atoms. The van der Waals surface area contributed by atoms with Crippen LogP contribution in [-0.2, 0) is 4.79 Å². The van der Waals surface area contributed by atoms with Crippen LogP contribution in [-0.4, -0.2) is 53.9 Å². The minimum atomic E-state index is -0.738. The van der Waals surface area contributed by atoms with E-state index < -0.39 is 6.10 Å². The first-order valence-electron chi connectivity index (χ1n) is 9.09. The third-order valence-corrected chi connectivity index (χ3v) is 5.08. The van der Waals surface area contributed by atoms with Crippen molar-refractivity contribution in [3.63, 3.8) is 0 Å². The molecule has 1 aliphatic heterocycles. The van der Waals surface area contributed by atoms with Crippen molar-refractivity contribution in [3.8, 4) is 11.8 Å². The molecule has 0 unspecified atom stereocenters. The maximum atomic E-state index is 12.7. The van der Waals surface area contributed by atoms with Gasteiger partial charge in [0.05, 0.1) is 5.56 Å². The van der Waals surface area contributed by atoms with Gasteiger partial charge in [-0.2, -0.15) is 5.26 Å². The number of piperazine rings is 1. The molecule has 3 rings (SSSR count). The fraction of sp³-hybridized carbons (Fsp3) is 0.286. The molecule has 2 aromatic carbocycles. The van der Waals surface area contributed by atoms with Gasteiger partial charge < -0.3 is 14.5 Å². The normalized spacial score (nSPS) is 14.8. The van der Waals surface area contributed by atoms with Crippen LogP contribution < -0.4 is 4.74 Å². The highest BCUT2D eigenvalue weighted by Crippen LogP contribution is 2.22. The molecule has 1 saturated heterocycles. The average molecular weight is 432 g/mol. The smallest absolute Gasteiger partial charge is 0.263 e. The monoisotopic (exact) mass is 431 g/mol. The molecular weight excluding hydrogens is 413 g/mol. The highest BCUT2D eigenvalue weighted by Gasteiger charge is 2.28. The number of nitrogens with zero attached hydrogens (tertiary/aromatic N) is 3. The van der Waals surface area contributed by atoms with E-state index in [-0.39, 0.29) is 11.8 Å². The molecule has 6 nitrogen and oxygen atoms in total. The summed E-state index contributed by atoms with van der Waals surface area (Å²) in [6.45, 7) is 3.24. The zero-order valence-corrected chi connectivity index (χ0v) is 17.3. The van der Waals surface area contributed by atoms with Crippen LogP contribution in [0.1, 0.15) is 22.8 Å². The summed E-state index contributed by atoms with van der Waals surface area (Å²) in [6, 6.07) is 13.6. The van der Waals surface area contributed by atoms with Crippen molar-refractivity contribution >= 4 is 35.0 Å². The van der Waals surface area contributed by atoms with Crippen molar-refractivity contribution in [1.29, 1.82) is 5.26 Å². The average Bonchev–Trinajstić information content (AvgIpc) is 2.72. The molecule has 0 bridgehead atoms. The van der Waals surface area contributed by atoms with Gasteiger partial charge in [-0.1, -0.05) is 35.3 Å². The lowest BCUT2D eigenvalue weighted by Crippen LogP contribution is -2.53. The summed E-state index contributed by atoms with van der Waals surface area (Å²) in [5.74, 6) is 0.0203. The Morgan fingerprint density at radius 3 is 2.24 bits per heavy atom. The van der Waals surface area contributed by atoms with Crippen molar-refractivity contribution in [2.24, 2.45) is 0 Å². The van der Waals surface area contributed by atoms with E-state index >= 15 is 0 Å². The van der Waals surface area contributed by atoms with Gasteiger partial charge in [-0.05, 0) is 37.3 Å². The molecule has 0 N–H and O–H groups in total. The maximum Gasteiger partial charge on any atom is 0.263 e. The number of para-hydroxylation sites is 1. The lowest BCUT2D eigenvalue weighted by molar-refractivity contribution is -0.139. The molecule has 1 fully saturated rings. The molecule has 0 aliphatic carbocycles. The van der Waals surface area contributed by atoms with Gasteiger partial charge in [0, 0.05) is 41.8 Å². The number of halogens is 2. The topological polar surface area (TPSA) is 73.6 Å². The van der Waals surface area contributed by atoms with Gasteiger partial charge in [0.25, 0.3) is 11.8 Å². The van der Waals surface area contributed by atoms with E-state index in [1.165, 1.54) is 0 Å². The molecule has 2 amide bonds. The van der Waals surface area contributed by atoms with Gasteiger partial charge in [-0.3, -0.25) is 9.59 Å². The molecule has 29 heavy (non-hydrogen) atoms. The Bertz CT molecular complexity index is 946. The van der Waals surface area contributed by atoms with Gasteiger partial charge in [-0.25, -0.2) is 0 Å². The molecule has 0 aromatic heterocycles. The van der Waals surface area contributed by atoms with Gasteiger partial charge in [0.1, 0.15) is 11.8 Å². The van der Waals surface area contributed by atoms with Crippen LogP contribution in [0.3, 0.4) is 0 Å². The molecule has 0 saturated carbocycles. The summed E-state index contributed by atoms with van der Waals surface area (Å²) in [5.41, 5.74) is 0.801. The Hall–Kier alpha value is -2.75. The first kappa shape index (κ1) is 21.0. The second-order valence-electron chi connectivity index (χ2n) is 6.64. The Balaban J connectivity index is 1.59. The van der Waals surface area contributed by atoms with E-state index in [1.807, 2.05) is 6.07 Å². The zero-order chi connectivity index (χ0) is 21.0. The maximum absolute atomic E-state index is 12.7. The van der Waals surface area contributed by atoms with Gasteiger partial charge in [-0.15, -0.1) is 0 Å². The van der Waals surface area contributed by atoms with Crippen molar-refractivity contribution in [3.05, 3.63) is 63.6 Å². The fourth-order valence-electron chi connectivity index (χ4n) is 3.15. The number of benzene rings is 2. The highest BCUT2D eigenvalue weighted by molar-refractivity contribution is 6.35. The van der Waals surface area contributed by atoms with Gasteiger partial charge in [0.2, 0.25) is 0 Å². The third kappa shape index (κ3) is 5.00. The Labute approximate surface area is 179 Å². The second-order valence-corrected chi connectivity index (χ2v) is 7.52. The molecule has 1 atom stereocenters. The Morgan fingerprint density at radius 2 is 1.62 bits per heavy atom. The summed E-state index contributed by atoms with van der Waals surface area (Å²) in [5, 5.41) is 9.95. The van der Waals surface area contributed by atoms with Crippen molar-refractivity contribution in [2.45, 2.75) is 13.0 Å². The molecule has 1 aliphatic rings. The number of rotatable bonds is 4. The van der Waals surface area contributed by atoms with E-state index in [0.29, 0.717) is 53.1 Å². The van der Waals surface area contributed by atoms with E-state index in [0.717, 1.165) is 0 Å². The number of hydrogen-bond acceptors (Lipinski definition) is 4. The number of nitriles is 1. The SMILES string of the molecule is C[C@@H](Oc1ccccc1C#N)C(=O)N1CCN(C(=O)c2cc(Cl)cc(Cl)c2)CC1. The largest absolute Gasteiger partial charge is 0.480 e. The number of ether oxygens (including phenoxy) is 1. The molecule has 150 valence electrons. The number of carbonyl (C=O) groups excluding carboxylic acids is 2. The molecule has 2 aromatic rings. The van der Waals surface area contributed by atoms with E-state index in [1.54, 1.807) is 59.2 Å². The quantitative estimate of drug-likeness (QED) is 0.740. The van der Waals surface area contributed by atoms with Crippen molar-refractivity contribution in [1.82, 2.24) is 9.80 Å². The standard InChI is InChI=1S/C21H19Cl2N3O3/c1-14(29-19-5-3-2-4-15(19)13-24)20(27)25-6-8-26(9-7-25)21(28)16-10-17(22)12-18(23)11-16/h2-5,10-12,14H,6-9H2,1H3/t14-/m1/s1. The number of amides is 2. The third-order valence-electron chi connectivity index (χ3n) is 4.65. The summed E-state index contributed by atoms with van der Waals surface area (Å²) < 4.78 is 5.70. The minimum absolute atomic E-state index is 0.172. The molecule has 8 heteroatoms. The lowest BCUT2D eigenvalue weighted by atomic mass is 10.1. The van der Waals surface area contributed by atoms with Crippen molar-refractivity contribution in [2.75, 3.05) is 26.2 Å². The van der Waals surface area contributed by atoms with Crippen LogP contribution in [0.4, 0.5) is 0 Å². The summed E-state index contributed by atoms with van der Waals surface area (Å²) >= 11 is 12.0.